The fourth-order valence-electron chi connectivity index (χ4n) is 3.47. The van der Waals surface area contributed by atoms with Gasteiger partial charge in [-0.25, -0.2) is 4.98 Å². The third-order valence-corrected chi connectivity index (χ3v) is 4.94. The second kappa shape index (κ2) is 5.60. The summed E-state index contributed by atoms with van der Waals surface area (Å²) < 4.78 is 1.95. The maximum atomic E-state index is 9.82. The van der Waals surface area contributed by atoms with Crippen LogP contribution in [-0.4, -0.2) is 32.7 Å². The molecule has 2 aromatic heterocycles. The summed E-state index contributed by atoms with van der Waals surface area (Å²) in [4.78, 5) is 6.72. The number of nitriles is 1. The molecule has 3 aromatic rings. The fourth-order valence-corrected chi connectivity index (χ4v) is 3.47. The van der Waals surface area contributed by atoms with Crippen LogP contribution in [0.15, 0.2) is 42.7 Å². The van der Waals surface area contributed by atoms with Gasteiger partial charge in [-0.3, -0.25) is 4.40 Å². The van der Waals surface area contributed by atoms with Gasteiger partial charge < -0.3 is 4.90 Å². The number of rotatable bonds is 2. The lowest BCUT2D eigenvalue weighted by Gasteiger charge is -2.38. The first-order chi connectivity index (χ1) is 11.7. The molecule has 4 rings (SSSR count). The minimum absolute atomic E-state index is 0.410. The van der Waals surface area contributed by atoms with Gasteiger partial charge in [-0.15, -0.1) is 10.2 Å². The number of benzene rings is 1. The number of hydrogen-bond acceptors (Lipinski definition) is 5. The van der Waals surface area contributed by atoms with E-state index >= 15 is 0 Å². The molecule has 0 aliphatic carbocycles. The van der Waals surface area contributed by atoms with Gasteiger partial charge in [-0.1, -0.05) is 30.3 Å². The Morgan fingerprint density at radius 2 is 1.88 bits per heavy atom. The van der Waals surface area contributed by atoms with Crippen LogP contribution in [0, 0.1) is 18.3 Å². The third kappa shape index (κ3) is 2.21. The monoisotopic (exact) mass is 318 g/mol. The predicted octanol–water partition coefficient (Wildman–Crippen LogP) is 2.49. The summed E-state index contributed by atoms with van der Waals surface area (Å²) in [6.07, 6.45) is 5.22. The van der Waals surface area contributed by atoms with Gasteiger partial charge in [0, 0.05) is 25.5 Å². The van der Waals surface area contributed by atoms with Crippen molar-refractivity contribution in [2.45, 2.75) is 25.2 Å². The van der Waals surface area contributed by atoms with Crippen molar-refractivity contribution in [3.05, 3.63) is 54.1 Å². The van der Waals surface area contributed by atoms with Gasteiger partial charge in [0.25, 0.3) is 0 Å². The van der Waals surface area contributed by atoms with E-state index < -0.39 is 5.41 Å². The summed E-state index contributed by atoms with van der Waals surface area (Å²) in [6, 6.07) is 12.7. The Labute approximate surface area is 140 Å². The van der Waals surface area contributed by atoms with Crippen LogP contribution in [0.2, 0.25) is 0 Å². The van der Waals surface area contributed by atoms with Crippen LogP contribution in [0.25, 0.3) is 5.65 Å². The van der Waals surface area contributed by atoms with Crippen molar-refractivity contribution in [3.63, 3.8) is 0 Å². The molecule has 0 N–H and O–H groups in total. The Morgan fingerprint density at radius 1 is 1.12 bits per heavy atom. The van der Waals surface area contributed by atoms with Crippen LogP contribution in [-0.2, 0) is 5.41 Å². The summed E-state index contributed by atoms with van der Waals surface area (Å²) in [5.41, 5.74) is 1.47. The first-order valence-corrected chi connectivity index (χ1v) is 8.12. The van der Waals surface area contributed by atoms with Crippen molar-refractivity contribution in [2.24, 2.45) is 0 Å². The van der Waals surface area contributed by atoms with Gasteiger partial charge in [-0.2, -0.15) is 5.26 Å². The summed E-state index contributed by atoms with van der Waals surface area (Å²) >= 11 is 0. The summed E-state index contributed by atoms with van der Waals surface area (Å²) in [5.74, 6) is 1.69. The Kier molecular flexibility index (Phi) is 3.42. The molecule has 0 bridgehead atoms. The smallest absolute Gasteiger partial charge is 0.203 e. The quantitative estimate of drug-likeness (QED) is 0.726. The Bertz CT molecular complexity index is 900. The van der Waals surface area contributed by atoms with E-state index in [9.17, 15) is 5.26 Å². The number of piperidine rings is 1. The van der Waals surface area contributed by atoms with Gasteiger partial charge in [0.1, 0.15) is 5.82 Å². The van der Waals surface area contributed by atoms with Crippen LogP contribution in [0.5, 0.6) is 0 Å². The van der Waals surface area contributed by atoms with Crippen molar-refractivity contribution in [2.75, 3.05) is 18.0 Å². The van der Waals surface area contributed by atoms with Gasteiger partial charge in [-0.05, 0) is 25.3 Å². The molecule has 3 heterocycles. The van der Waals surface area contributed by atoms with E-state index in [1.54, 1.807) is 6.20 Å². The highest BCUT2D eigenvalue weighted by molar-refractivity contribution is 5.64. The van der Waals surface area contributed by atoms with Crippen molar-refractivity contribution >= 4 is 11.5 Å². The van der Waals surface area contributed by atoms with Gasteiger partial charge in [0.2, 0.25) is 5.65 Å². The first-order valence-electron chi connectivity index (χ1n) is 8.12. The van der Waals surface area contributed by atoms with E-state index in [1.807, 2.05) is 35.7 Å². The molecule has 0 unspecified atom stereocenters. The molecule has 0 atom stereocenters. The maximum Gasteiger partial charge on any atom is 0.203 e. The number of hydrogen-bond donors (Lipinski definition) is 0. The topological polar surface area (TPSA) is 70.1 Å². The molecule has 120 valence electrons. The van der Waals surface area contributed by atoms with Gasteiger partial charge >= 0.3 is 0 Å². The number of aryl methyl sites for hydroxylation is 1. The predicted molar refractivity (Wildman–Crippen MR) is 90.7 cm³/mol. The second-order valence-corrected chi connectivity index (χ2v) is 6.24. The Balaban J connectivity index is 1.63. The summed E-state index contributed by atoms with van der Waals surface area (Å²) in [6.45, 7) is 3.48. The van der Waals surface area contributed by atoms with Crippen LogP contribution in [0.4, 0.5) is 5.82 Å². The van der Waals surface area contributed by atoms with Crippen LogP contribution >= 0.6 is 0 Å². The molecular formula is C18H18N6. The zero-order chi connectivity index (χ0) is 16.6. The van der Waals surface area contributed by atoms with E-state index in [0.717, 1.165) is 48.8 Å². The molecule has 0 radical (unpaired) electrons. The third-order valence-electron chi connectivity index (χ3n) is 4.94. The van der Waals surface area contributed by atoms with Crippen LogP contribution in [0.1, 0.15) is 24.2 Å². The van der Waals surface area contributed by atoms with E-state index in [0.29, 0.717) is 0 Å². The molecule has 1 aliphatic rings. The Morgan fingerprint density at radius 3 is 2.58 bits per heavy atom. The minimum Gasteiger partial charge on any atom is -0.353 e. The molecule has 1 fully saturated rings. The molecule has 0 saturated carbocycles. The van der Waals surface area contributed by atoms with Gasteiger partial charge in [0.05, 0.1) is 11.5 Å². The summed E-state index contributed by atoms with van der Waals surface area (Å²) in [5, 5.41) is 18.2. The fraction of sp³-hybridized carbons (Fsp3) is 0.333. The maximum absolute atomic E-state index is 9.82. The largest absolute Gasteiger partial charge is 0.353 e. The highest BCUT2D eigenvalue weighted by atomic mass is 15.3. The Hall–Kier alpha value is -2.94. The number of fused-ring (bicyclic) bond motifs is 1. The minimum atomic E-state index is -0.410. The van der Waals surface area contributed by atoms with E-state index in [-0.39, 0.29) is 0 Å². The van der Waals surface area contributed by atoms with Crippen molar-refractivity contribution in [1.82, 2.24) is 19.6 Å². The molecule has 0 amide bonds. The van der Waals surface area contributed by atoms with Crippen molar-refractivity contribution in [1.29, 1.82) is 5.26 Å². The lowest BCUT2D eigenvalue weighted by molar-refractivity contribution is 0.414. The second-order valence-electron chi connectivity index (χ2n) is 6.24. The van der Waals surface area contributed by atoms with Crippen LogP contribution < -0.4 is 4.90 Å². The average molecular weight is 318 g/mol. The number of anilines is 1. The SMILES string of the molecule is Cc1nnc2c(N3CCC(C#N)(c4ccccc4)CC3)nccn12. The standard InChI is InChI=1S/C18H18N6/c1-14-21-22-17-16(20-9-12-24(14)17)23-10-7-18(13-19,8-11-23)15-5-3-2-4-6-15/h2-6,9,12H,7-8,10-11H2,1H3. The number of aromatic nitrogens is 4. The zero-order valence-electron chi connectivity index (χ0n) is 13.6. The molecule has 0 spiro atoms. The highest BCUT2D eigenvalue weighted by Crippen LogP contribution is 2.36. The van der Waals surface area contributed by atoms with Gasteiger partial charge in [0.15, 0.2) is 5.82 Å². The van der Waals surface area contributed by atoms with Crippen molar-refractivity contribution < 1.29 is 0 Å². The van der Waals surface area contributed by atoms with E-state index in [2.05, 4.69) is 38.3 Å². The molecular weight excluding hydrogens is 300 g/mol. The van der Waals surface area contributed by atoms with E-state index in [4.69, 9.17) is 0 Å². The molecule has 1 saturated heterocycles. The van der Waals surface area contributed by atoms with Crippen LogP contribution in [0.3, 0.4) is 0 Å². The molecule has 6 heteroatoms. The molecule has 1 aliphatic heterocycles. The number of nitrogens with zero attached hydrogens (tertiary/aromatic N) is 6. The lowest BCUT2D eigenvalue weighted by Crippen LogP contribution is -2.42. The van der Waals surface area contributed by atoms with E-state index in [1.165, 1.54) is 0 Å². The lowest BCUT2D eigenvalue weighted by atomic mass is 9.74. The normalized spacial score (nSPS) is 16.9. The molecule has 6 nitrogen and oxygen atoms in total. The molecule has 1 aromatic carbocycles. The van der Waals surface area contributed by atoms with Crippen molar-refractivity contribution in [3.8, 4) is 6.07 Å². The first kappa shape index (κ1) is 14.6. The average Bonchev–Trinajstić information content (AvgIpc) is 3.04. The highest BCUT2D eigenvalue weighted by Gasteiger charge is 2.37. The zero-order valence-corrected chi connectivity index (χ0v) is 13.6. The molecule has 24 heavy (non-hydrogen) atoms. The summed E-state index contributed by atoms with van der Waals surface area (Å²) in [7, 11) is 0.